The van der Waals surface area contributed by atoms with Crippen molar-refractivity contribution in [2.45, 2.75) is 6.92 Å². The highest BCUT2D eigenvalue weighted by molar-refractivity contribution is 7.12. The van der Waals surface area contributed by atoms with Gasteiger partial charge in [-0.25, -0.2) is 0 Å². The highest BCUT2D eigenvalue weighted by Crippen LogP contribution is 2.20. The molecule has 0 aliphatic rings. The van der Waals surface area contributed by atoms with Crippen molar-refractivity contribution in [1.29, 1.82) is 0 Å². The van der Waals surface area contributed by atoms with Gasteiger partial charge in [0.05, 0.1) is 22.3 Å². The van der Waals surface area contributed by atoms with Crippen molar-refractivity contribution < 1.29 is 4.79 Å². The zero-order chi connectivity index (χ0) is 13.2. The topological polar surface area (TPSA) is 42.0 Å². The first-order chi connectivity index (χ1) is 9.24. The third-order valence-corrected chi connectivity index (χ3v) is 3.93. The number of amides is 1. The number of pyridine rings is 1. The molecule has 3 aromatic rings. The highest BCUT2D eigenvalue weighted by Gasteiger charge is 2.10. The van der Waals surface area contributed by atoms with Gasteiger partial charge in [-0.15, -0.1) is 11.3 Å². The smallest absolute Gasteiger partial charge is 0.266 e. The fourth-order valence-electron chi connectivity index (χ4n) is 1.93. The molecule has 0 fully saturated rings. The summed E-state index contributed by atoms with van der Waals surface area (Å²) in [4.78, 5) is 17.2. The van der Waals surface area contributed by atoms with E-state index in [1.807, 2.05) is 48.7 Å². The van der Waals surface area contributed by atoms with E-state index in [1.165, 1.54) is 11.3 Å². The number of anilines is 1. The molecular formula is C15H12N2OS. The molecule has 0 radical (unpaired) electrons. The van der Waals surface area contributed by atoms with Gasteiger partial charge < -0.3 is 5.32 Å². The van der Waals surface area contributed by atoms with Crippen molar-refractivity contribution in [2.75, 3.05) is 5.32 Å². The second-order valence-corrected chi connectivity index (χ2v) is 5.22. The first-order valence-corrected chi connectivity index (χ1v) is 6.82. The maximum absolute atomic E-state index is 12.1. The Bertz CT molecular complexity index is 748. The number of nitrogens with zero attached hydrogens (tertiary/aromatic N) is 1. The Balaban J connectivity index is 1.89. The van der Waals surface area contributed by atoms with E-state index >= 15 is 0 Å². The summed E-state index contributed by atoms with van der Waals surface area (Å²) in [5.41, 5.74) is 2.64. The molecular weight excluding hydrogens is 256 g/mol. The Kier molecular flexibility index (Phi) is 3.01. The van der Waals surface area contributed by atoms with E-state index < -0.39 is 0 Å². The van der Waals surface area contributed by atoms with E-state index in [1.54, 1.807) is 6.20 Å². The fourth-order valence-corrected chi connectivity index (χ4v) is 2.75. The second kappa shape index (κ2) is 4.82. The number of carbonyl (C=O) groups is 1. The molecule has 3 nitrogen and oxygen atoms in total. The second-order valence-electron chi connectivity index (χ2n) is 4.30. The summed E-state index contributed by atoms with van der Waals surface area (Å²) in [7, 11) is 0. The van der Waals surface area contributed by atoms with Gasteiger partial charge in [0.15, 0.2) is 0 Å². The molecule has 0 aliphatic heterocycles. The quantitative estimate of drug-likeness (QED) is 0.767. The van der Waals surface area contributed by atoms with Gasteiger partial charge in [0.25, 0.3) is 5.91 Å². The molecule has 0 saturated heterocycles. The van der Waals surface area contributed by atoms with Crippen molar-refractivity contribution in [1.82, 2.24) is 4.98 Å². The summed E-state index contributed by atoms with van der Waals surface area (Å²) >= 11 is 1.45. The van der Waals surface area contributed by atoms with Crippen molar-refractivity contribution in [3.8, 4) is 0 Å². The molecule has 1 amide bonds. The van der Waals surface area contributed by atoms with Crippen LogP contribution < -0.4 is 5.32 Å². The van der Waals surface area contributed by atoms with Crippen molar-refractivity contribution in [2.24, 2.45) is 0 Å². The number of nitrogens with one attached hydrogen (secondary N) is 1. The van der Waals surface area contributed by atoms with E-state index in [0.717, 1.165) is 27.0 Å². The van der Waals surface area contributed by atoms with Crippen LogP contribution in [0.3, 0.4) is 0 Å². The van der Waals surface area contributed by atoms with Gasteiger partial charge in [-0.05, 0) is 36.1 Å². The number of hydrogen-bond acceptors (Lipinski definition) is 3. The molecule has 4 heteroatoms. The van der Waals surface area contributed by atoms with Crippen molar-refractivity contribution >= 4 is 33.8 Å². The molecule has 19 heavy (non-hydrogen) atoms. The number of hydrogen-bond donors (Lipinski definition) is 1. The third-order valence-electron chi connectivity index (χ3n) is 2.92. The molecule has 0 unspecified atom stereocenters. The number of thiophene rings is 1. The van der Waals surface area contributed by atoms with Crippen LogP contribution >= 0.6 is 11.3 Å². The number of carbonyl (C=O) groups excluding carboxylic acids is 1. The average molecular weight is 268 g/mol. The van der Waals surface area contributed by atoms with Crippen LogP contribution in [0.4, 0.5) is 5.69 Å². The number of rotatable bonds is 2. The number of aryl methyl sites for hydroxylation is 1. The minimum atomic E-state index is -0.0791. The lowest BCUT2D eigenvalue weighted by molar-refractivity contribution is 0.103. The number of aromatic nitrogens is 1. The van der Waals surface area contributed by atoms with Crippen LogP contribution in [0.5, 0.6) is 0 Å². The zero-order valence-electron chi connectivity index (χ0n) is 10.4. The SMILES string of the molecule is Cc1ccsc1C(=O)Nc1cnc2ccccc2c1. The maximum Gasteiger partial charge on any atom is 0.266 e. The monoisotopic (exact) mass is 268 g/mol. The molecule has 0 spiro atoms. The molecule has 0 aliphatic carbocycles. The lowest BCUT2D eigenvalue weighted by Gasteiger charge is -2.05. The summed E-state index contributed by atoms with van der Waals surface area (Å²) in [5, 5.41) is 5.82. The van der Waals surface area contributed by atoms with Gasteiger partial charge in [-0.2, -0.15) is 0 Å². The Hall–Kier alpha value is -2.20. The maximum atomic E-state index is 12.1. The largest absolute Gasteiger partial charge is 0.320 e. The van der Waals surface area contributed by atoms with E-state index in [-0.39, 0.29) is 5.91 Å². The van der Waals surface area contributed by atoms with Crippen LogP contribution in [0.1, 0.15) is 15.2 Å². The molecule has 3 rings (SSSR count). The van der Waals surface area contributed by atoms with E-state index in [0.29, 0.717) is 0 Å². The van der Waals surface area contributed by atoms with Crippen LogP contribution in [0, 0.1) is 6.92 Å². The summed E-state index contributed by atoms with van der Waals surface area (Å²) in [5.74, 6) is -0.0791. The van der Waals surface area contributed by atoms with Gasteiger partial charge in [0.2, 0.25) is 0 Å². The lowest BCUT2D eigenvalue weighted by Crippen LogP contribution is -2.11. The van der Waals surface area contributed by atoms with Crippen LogP contribution in [0.15, 0.2) is 48.0 Å². The molecule has 1 N–H and O–H groups in total. The third kappa shape index (κ3) is 2.35. The van der Waals surface area contributed by atoms with Crippen molar-refractivity contribution in [3.05, 3.63) is 58.4 Å². The van der Waals surface area contributed by atoms with E-state index in [4.69, 9.17) is 0 Å². The van der Waals surface area contributed by atoms with E-state index in [2.05, 4.69) is 10.3 Å². The molecule has 0 atom stereocenters. The minimum absolute atomic E-state index is 0.0791. The minimum Gasteiger partial charge on any atom is -0.320 e. The molecule has 1 aromatic carbocycles. The highest BCUT2D eigenvalue weighted by atomic mass is 32.1. The first kappa shape index (κ1) is 11.9. The van der Waals surface area contributed by atoms with Gasteiger partial charge in [-0.1, -0.05) is 18.2 Å². The van der Waals surface area contributed by atoms with Gasteiger partial charge in [-0.3, -0.25) is 9.78 Å². The van der Waals surface area contributed by atoms with E-state index in [9.17, 15) is 4.79 Å². The first-order valence-electron chi connectivity index (χ1n) is 5.94. The summed E-state index contributed by atoms with van der Waals surface area (Å²) < 4.78 is 0. The van der Waals surface area contributed by atoms with Gasteiger partial charge >= 0.3 is 0 Å². The Labute approximate surface area is 114 Å². The van der Waals surface area contributed by atoms with Crippen LogP contribution in [-0.4, -0.2) is 10.9 Å². The summed E-state index contributed by atoms with van der Waals surface area (Å²) in [6, 6.07) is 11.7. The average Bonchev–Trinajstić information content (AvgIpc) is 2.85. The number of para-hydroxylation sites is 1. The summed E-state index contributed by atoms with van der Waals surface area (Å²) in [6.07, 6.45) is 1.68. The molecule has 94 valence electrons. The Morgan fingerprint density at radius 1 is 1.26 bits per heavy atom. The van der Waals surface area contributed by atoms with Crippen LogP contribution in [-0.2, 0) is 0 Å². The number of benzene rings is 1. The molecule has 2 heterocycles. The Morgan fingerprint density at radius 3 is 2.89 bits per heavy atom. The predicted octanol–water partition coefficient (Wildman–Crippen LogP) is 3.86. The molecule has 0 bridgehead atoms. The normalized spacial score (nSPS) is 10.6. The van der Waals surface area contributed by atoms with Crippen LogP contribution in [0.2, 0.25) is 0 Å². The van der Waals surface area contributed by atoms with Crippen molar-refractivity contribution in [3.63, 3.8) is 0 Å². The van der Waals surface area contributed by atoms with Crippen LogP contribution in [0.25, 0.3) is 10.9 Å². The molecule has 0 saturated carbocycles. The number of fused-ring (bicyclic) bond motifs is 1. The zero-order valence-corrected chi connectivity index (χ0v) is 11.2. The fraction of sp³-hybridized carbons (Fsp3) is 0.0667. The van der Waals surface area contributed by atoms with Gasteiger partial charge in [0, 0.05) is 5.39 Å². The summed E-state index contributed by atoms with van der Waals surface area (Å²) in [6.45, 7) is 1.93. The molecule has 2 aromatic heterocycles. The Morgan fingerprint density at radius 2 is 2.11 bits per heavy atom. The van der Waals surface area contributed by atoms with Gasteiger partial charge in [0.1, 0.15) is 0 Å². The predicted molar refractivity (Wildman–Crippen MR) is 78.8 cm³/mol. The standard InChI is InChI=1S/C15H12N2OS/c1-10-6-7-19-14(10)15(18)17-12-8-11-4-2-3-5-13(11)16-9-12/h2-9H,1H3,(H,17,18). The lowest BCUT2D eigenvalue weighted by atomic mass is 10.2.